The van der Waals surface area contributed by atoms with Gasteiger partial charge in [-0.3, -0.25) is 9.98 Å². The van der Waals surface area contributed by atoms with Crippen molar-refractivity contribution in [1.29, 1.82) is 0 Å². The molecule has 0 radical (unpaired) electrons. The molecule has 2 N–H and O–H groups in total. The minimum atomic E-state index is -0.628. The Hall–Kier alpha value is -4.05. The van der Waals surface area contributed by atoms with E-state index >= 15 is 0 Å². The number of carbonyl (C=O) groups excluding carboxylic acids is 2. The molecule has 0 atom stereocenters. The Morgan fingerprint density at radius 2 is 1.00 bits per heavy atom. The quantitative estimate of drug-likeness (QED) is 0.0421. The minimum absolute atomic E-state index is 0. The number of benzene rings is 4. The first-order valence-corrected chi connectivity index (χ1v) is 14.8. The second-order valence-corrected chi connectivity index (χ2v) is 10.6. The van der Waals surface area contributed by atoms with Gasteiger partial charge in [-0.2, -0.15) is 0 Å². The maximum Gasteiger partial charge on any atom is 0.342 e. The van der Waals surface area contributed by atoms with Crippen LogP contribution in [-0.2, 0) is 26.0 Å². The zero-order valence-electron chi connectivity index (χ0n) is 22.8. The van der Waals surface area contributed by atoms with Gasteiger partial charge in [-0.1, -0.05) is 72.1 Å². The molecule has 0 aromatic heterocycles. The standard InChI is InChI=1S/C32H28N2O6S2.Ni/c35-29-23(9-7-15-27(29)31(37)39-21-41-25-11-3-1-4-12-25)19-33-17-18-34-20-24-10-8-16-28(30(24)36)32(38)40-22-42-26-13-5-2-6-14-26;/h1-16,19-20,35-36H,17-18,21-22H2;. The number of thioether (sulfide) groups is 2. The molecule has 0 saturated carbocycles. The Morgan fingerprint density at radius 3 is 1.40 bits per heavy atom. The van der Waals surface area contributed by atoms with Crippen LogP contribution in [0.5, 0.6) is 11.5 Å². The molecular weight excluding hydrogens is 631 g/mol. The van der Waals surface area contributed by atoms with Crippen molar-refractivity contribution in [2.45, 2.75) is 9.79 Å². The number of esters is 2. The summed E-state index contributed by atoms with van der Waals surface area (Å²) in [5.41, 5.74) is 0.855. The summed E-state index contributed by atoms with van der Waals surface area (Å²) >= 11 is 2.75. The summed E-state index contributed by atoms with van der Waals surface area (Å²) in [6, 6.07) is 28.6. The van der Waals surface area contributed by atoms with Crippen LogP contribution in [0.1, 0.15) is 31.8 Å². The third kappa shape index (κ3) is 10.3. The normalized spacial score (nSPS) is 10.9. The molecule has 43 heavy (non-hydrogen) atoms. The monoisotopic (exact) mass is 658 g/mol. The van der Waals surface area contributed by atoms with Gasteiger partial charge >= 0.3 is 11.9 Å². The van der Waals surface area contributed by atoms with Gasteiger partial charge in [-0.25, -0.2) is 9.59 Å². The fourth-order valence-electron chi connectivity index (χ4n) is 3.59. The molecule has 4 aromatic carbocycles. The van der Waals surface area contributed by atoms with Gasteiger partial charge in [0.2, 0.25) is 0 Å². The largest absolute Gasteiger partial charge is 0.506 e. The molecule has 0 aliphatic heterocycles. The van der Waals surface area contributed by atoms with Crippen LogP contribution in [0.25, 0.3) is 0 Å². The first-order valence-electron chi connectivity index (χ1n) is 12.9. The maximum absolute atomic E-state index is 12.5. The molecule has 0 heterocycles. The SMILES string of the molecule is O=C(OCSc1ccccc1)c1cccc(C=NCCN=Cc2cccc(C(=O)OCSc3ccccc3)c2O)c1O.[Ni]. The predicted octanol–water partition coefficient (Wildman–Crippen LogP) is 6.45. The average molecular weight is 659 g/mol. The maximum atomic E-state index is 12.5. The number of nitrogens with zero attached hydrogens (tertiary/aromatic N) is 2. The number of phenolic OH excluding ortho intramolecular Hbond substituents is 2. The minimum Gasteiger partial charge on any atom is -0.506 e. The molecular formula is C32H28N2NiO6S2. The fraction of sp³-hybridized carbons (Fsp3) is 0.125. The summed E-state index contributed by atoms with van der Waals surface area (Å²) in [6.07, 6.45) is 2.92. The summed E-state index contributed by atoms with van der Waals surface area (Å²) < 4.78 is 10.6. The number of carbonyl (C=O) groups is 2. The Kier molecular flexibility index (Phi) is 13.9. The van der Waals surface area contributed by atoms with E-state index in [1.165, 1.54) is 48.1 Å². The summed E-state index contributed by atoms with van der Waals surface area (Å²) in [5.74, 6) is -1.45. The number of aromatic hydroxyl groups is 2. The second kappa shape index (κ2) is 17.8. The molecule has 0 amide bonds. The van der Waals surface area contributed by atoms with Crippen molar-refractivity contribution in [1.82, 2.24) is 0 Å². The van der Waals surface area contributed by atoms with Gasteiger partial charge in [0.1, 0.15) is 34.5 Å². The van der Waals surface area contributed by atoms with E-state index < -0.39 is 11.9 Å². The van der Waals surface area contributed by atoms with Gasteiger partial charge in [0.05, 0.1) is 13.1 Å². The Morgan fingerprint density at radius 1 is 0.605 bits per heavy atom. The van der Waals surface area contributed by atoms with Gasteiger partial charge in [0.25, 0.3) is 0 Å². The van der Waals surface area contributed by atoms with Crippen molar-refractivity contribution < 1.29 is 45.8 Å². The molecule has 0 bridgehead atoms. The van der Waals surface area contributed by atoms with E-state index in [1.807, 2.05) is 60.7 Å². The van der Waals surface area contributed by atoms with E-state index in [1.54, 1.807) is 24.3 Å². The number of para-hydroxylation sites is 2. The van der Waals surface area contributed by atoms with Crippen LogP contribution in [0.4, 0.5) is 0 Å². The van der Waals surface area contributed by atoms with Crippen LogP contribution in [0.2, 0.25) is 0 Å². The molecule has 11 heteroatoms. The number of ether oxygens (including phenoxy) is 2. The van der Waals surface area contributed by atoms with Crippen molar-refractivity contribution in [2.75, 3.05) is 25.0 Å². The van der Waals surface area contributed by atoms with Crippen LogP contribution in [0.15, 0.2) is 117 Å². The van der Waals surface area contributed by atoms with E-state index in [2.05, 4.69) is 9.98 Å². The van der Waals surface area contributed by atoms with E-state index in [9.17, 15) is 19.8 Å². The first kappa shape index (κ1) is 33.5. The molecule has 224 valence electrons. The molecule has 0 unspecified atom stereocenters. The Bertz CT molecular complexity index is 1440. The van der Waals surface area contributed by atoms with Gasteiger partial charge in [-0.05, 0) is 48.5 Å². The molecule has 0 saturated heterocycles. The summed E-state index contributed by atoms with van der Waals surface area (Å²) in [6.45, 7) is 0.578. The van der Waals surface area contributed by atoms with Crippen LogP contribution in [0, 0.1) is 0 Å². The number of hydrogen-bond donors (Lipinski definition) is 2. The molecule has 0 aliphatic rings. The first-order chi connectivity index (χ1) is 20.5. The van der Waals surface area contributed by atoms with Crippen molar-refractivity contribution >= 4 is 47.9 Å². The topological polar surface area (TPSA) is 118 Å². The fourth-order valence-corrected chi connectivity index (χ4v) is 4.90. The molecule has 4 rings (SSSR count). The summed E-state index contributed by atoms with van der Waals surface area (Å²) in [5, 5.41) is 21.1. The van der Waals surface area contributed by atoms with Crippen molar-refractivity contribution in [3.05, 3.63) is 119 Å². The third-order valence-electron chi connectivity index (χ3n) is 5.71. The zero-order chi connectivity index (χ0) is 29.6. The number of hydrogen-bond acceptors (Lipinski definition) is 10. The molecule has 0 aliphatic carbocycles. The van der Waals surface area contributed by atoms with Gasteiger partial charge in [0, 0.05) is 49.8 Å². The van der Waals surface area contributed by atoms with Crippen LogP contribution >= 0.6 is 23.5 Å². The molecule has 0 spiro atoms. The van der Waals surface area contributed by atoms with E-state index in [0.29, 0.717) is 11.1 Å². The predicted molar refractivity (Wildman–Crippen MR) is 166 cm³/mol. The van der Waals surface area contributed by atoms with E-state index in [0.717, 1.165) is 9.79 Å². The van der Waals surface area contributed by atoms with E-state index in [4.69, 9.17) is 9.47 Å². The van der Waals surface area contributed by atoms with Crippen molar-refractivity contribution in [3.8, 4) is 11.5 Å². The third-order valence-corrected chi connectivity index (χ3v) is 7.39. The van der Waals surface area contributed by atoms with Gasteiger partial charge in [0.15, 0.2) is 0 Å². The zero-order valence-corrected chi connectivity index (χ0v) is 25.4. The summed E-state index contributed by atoms with van der Waals surface area (Å²) in [7, 11) is 0. The Balaban J connectivity index is 0.00000506. The molecule has 8 nitrogen and oxygen atoms in total. The second-order valence-electron chi connectivity index (χ2n) is 8.57. The van der Waals surface area contributed by atoms with Gasteiger partial charge in [-0.15, -0.1) is 0 Å². The van der Waals surface area contributed by atoms with Crippen LogP contribution in [0.3, 0.4) is 0 Å². The van der Waals surface area contributed by atoms with Crippen LogP contribution in [-0.4, -0.2) is 59.5 Å². The van der Waals surface area contributed by atoms with E-state index in [-0.39, 0.29) is 64.1 Å². The number of aliphatic imine (C=N–C) groups is 2. The molecule has 4 aromatic rings. The number of rotatable bonds is 13. The van der Waals surface area contributed by atoms with Crippen molar-refractivity contribution in [2.24, 2.45) is 9.98 Å². The van der Waals surface area contributed by atoms with Crippen LogP contribution < -0.4 is 0 Å². The van der Waals surface area contributed by atoms with Crippen molar-refractivity contribution in [3.63, 3.8) is 0 Å². The Labute approximate surface area is 268 Å². The average Bonchev–Trinajstić information content (AvgIpc) is 3.01. The van der Waals surface area contributed by atoms with Gasteiger partial charge < -0.3 is 19.7 Å². The summed E-state index contributed by atoms with van der Waals surface area (Å²) in [4.78, 5) is 35.4. The molecule has 0 fully saturated rings. The number of phenols is 2. The smallest absolute Gasteiger partial charge is 0.342 e.